The van der Waals surface area contributed by atoms with Crippen LogP contribution in [0.25, 0.3) is 5.70 Å². The topological polar surface area (TPSA) is 86.6 Å². The Hall–Kier alpha value is -2.50. The van der Waals surface area contributed by atoms with Gasteiger partial charge in [0, 0.05) is 16.9 Å². The van der Waals surface area contributed by atoms with Gasteiger partial charge < -0.3 is 9.79 Å². The minimum Gasteiger partial charge on any atom is -0.324 e. The van der Waals surface area contributed by atoms with E-state index >= 15 is 0 Å². The van der Waals surface area contributed by atoms with Crippen LogP contribution in [-0.4, -0.2) is 25.9 Å². The highest BCUT2D eigenvalue weighted by Crippen LogP contribution is 2.44. The second-order valence-corrected chi connectivity index (χ2v) is 11.0. The summed E-state index contributed by atoms with van der Waals surface area (Å²) < 4.78 is 11.3. The zero-order valence-electron chi connectivity index (χ0n) is 19.1. The Kier molecular flexibility index (Phi) is 7.54. The summed E-state index contributed by atoms with van der Waals surface area (Å²) in [7, 11) is -3.95. The number of rotatable bonds is 7. The van der Waals surface area contributed by atoms with Gasteiger partial charge >= 0.3 is 7.60 Å². The summed E-state index contributed by atoms with van der Waals surface area (Å²) in [5, 5.41) is 0.402. The van der Waals surface area contributed by atoms with E-state index in [-0.39, 0.29) is 12.1 Å². The van der Waals surface area contributed by atoms with Crippen molar-refractivity contribution in [2.24, 2.45) is 5.92 Å². The average molecular weight is 498 g/mol. The maximum Gasteiger partial charge on any atom is 0.325 e. The standard InChI is InChI=1S/C26H29ClN3O3P/c1-18-25(27)28-17-29-26(18)30(19(2)21-6-4-3-5-7-21)24-14-12-23(13-15-24)22-10-8-20(9-11-22)16-34(31,32)33/h3-7,12-15,17,20,22H,2,8-11,16H2,1H3,(H2,31,32,33). The van der Waals surface area contributed by atoms with Crippen molar-refractivity contribution in [2.75, 3.05) is 11.1 Å². The van der Waals surface area contributed by atoms with E-state index in [1.165, 1.54) is 11.9 Å². The van der Waals surface area contributed by atoms with Crippen molar-refractivity contribution in [3.8, 4) is 0 Å². The lowest BCUT2D eigenvalue weighted by Crippen LogP contribution is -2.18. The zero-order chi connectivity index (χ0) is 24.3. The molecule has 1 fully saturated rings. The van der Waals surface area contributed by atoms with Crippen LogP contribution in [0.2, 0.25) is 5.15 Å². The molecule has 0 aliphatic heterocycles. The van der Waals surface area contributed by atoms with E-state index in [2.05, 4.69) is 40.8 Å². The number of anilines is 2. The molecule has 6 nitrogen and oxygen atoms in total. The molecule has 178 valence electrons. The second kappa shape index (κ2) is 10.4. The Morgan fingerprint density at radius 1 is 1.06 bits per heavy atom. The first-order valence-corrected chi connectivity index (χ1v) is 13.6. The van der Waals surface area contributed by atoms with Gasteiger partial charge in [-0.25, -0.2) is 9.97 Å². The van der Waals surface area contributed by atoms with E-state index in [9.17, 15) is 14.4 Å². The monoisotopic (exact) mass is 497 g/mol. The third-order valence-electron chi connectivity index (χ3n) is 6.55. The Bertz CT molecular complexity index is 1190. The Morgan fingerprint density at radius 2 is 1.71 bits per heavy atom. The van der Waals surface area contributed by atoms with E-state index in [1.54, 1.807) is 0 Å². The van der Waals surface area contributed by atoms with E-state index in [0.29, 0.717) is 16.9 Å². The maximum atomic E-state index is 11.3. The van der Waals surface area contributed by atoms with Crippen molar-refractivity contribution < 1.29 is 14.4 Å². The molecule has 2 N–H and O–H groups in total. The summed E-state index contributed by atoms with van der Waals surface area (Å²) in [5.41, 5.74) is 4.69. The zero-order valence-corrected chi connectivity index (χ0v) is 20.8. The van der Waals surface area contributed by atoms with Gasteiger partial charge in [-0.2, -0.15) is 0 Å². The van der Waals surface area contributed by atoms with Crippen LogP contribution < -0.4 is 4.90 Å². The van der Waals surface area contributed by atoms with Crippen LogP contribution in [0.1, 0.15) is 48.3 Å². The van der Waals surface area contributed by atoms with Gasteiger partial charge in [-0.15, -0.1) is 0 Å². The van der Waals surface area contributed by atoms with Gasteiger partial charge in [-0.3, -0.25) is 9.46 Å². The molecule has 1 aromatic heterocycles. The van der Waals surface area contributed by atoms with Crippen LogP contribution in [0.4, 0.5) is 11.5 Å². The first kappa shape index (κ1) is 24.6. The van der Waals surface area contributed by atoms with Crippen LogP contribution >= 0.6 is 19.2 Å². The molecule has 0 radical (unpaired) electrons. The summed E-state index contributed by atoms with van der Waals surface area (Å²) in [4.78, 5) is 29.2. The van der Waals surface area contributed by atoms with Gasteiger partial charge in [0.1, 0.15) is 17.3 Å². The number of nitrogens with zero attached hydrogens (tertiary/aromatic N) is 3. The molecular weight excluding hydrogens is 469 g/mol. The van der Waals surface area contributed by atoms with Crippen LogP contribution in [0, 0.1) is 12.8 Å². The van der Waals surface area contributed by atoms with E-state index < -0.39 is 7.60 Å². The molecule has 1 aliphatic carbocycles. The summed E-state index contributed by atoms with van der Waals surface area (Å²) in [6, 6.07) is 18.3. The Labute approximate surface area is 205 Å². The van der Waals surface area contributed by atoms with Crippen LogP contribution in [-0.2, 0) is 4.57 Å². The fourth-order valence-electron chi connectivity index (χ4n) is 4.72. The highest BCUT2D eigenvalue weighted by atomic mass is 35.5. The molecule has 2 aromatic carbocycles. The largest absolute Gasteiger partial charge is 0.325 e. The maximum absolute atomic E-state index is 11.3. The van der Waals surface area contributed by atoms with E-state index in [4.69, 9.17) is 11.6 Å². The van der Waals surface area contributed by atoms with Gasteiger partial charge in [-0.05, 0) is 67.7 Å². The quantitative estimate of drug-likeness (QED) is 0.279. The van der Waals surface area contributed by atoms with Crippen LogP contribution in [0.5, 0.6) is 0 Å². The molecule has 1 saturated carbocycles. The number of halogens is 1. The van der Waals surface area contributed by atoms with Crippen molar-refractivity contribution in [1.29, 1.82) is 0 Å². The summed E-state index contributed by atoms with van der Waals surface area (Å²) in [6.45, 7) is 6.25. The van der Waals surface area contributed by atoms with Crippen molar-refractivity contribution >= 4 is 36.4 Å². The average Bonchev–Trinajstić information content (AvgIpc) is 2.82. The Morgan fingerprint density at radius 3 is 2.32 bits per heavy atom. The molecule has 34 heavy (non-hydrogen) atoms. The van der Waals surface area contributed by atoms with Gasteiger partial charge in [0.05, 0.1) is 6.16 Å². The van der Waals surface area contributed by atoms with E-state index in [0.717, 1.165) is 48.2 Å². The molecule has 0 spiro atoms. The normalized spacial score (nSPS) is 18.5. The summed E-state index contributed by atoms with van der Waals surface area (Å²) >= 11 is 6.32. The highest BCUT2D eigenvalue weighted by molar-refractivity contribution is 7.51. The first-order valence-electron chi connectivity index (χ1n) is 11.4. The van der Waals surface area contributed by atoms with Crippen LogP contribution in [0.15, 0.2) is 67.5 Å². The smallest absolute Gasteiger partial charge is 0.324 e. The lowest BCUT2D eigenvalue weighted by atomic mass is 9.79. The minimum atomic E-state index is -3.95. The summed E-state index contributed by atoms with van der Waals surface area (Å²) in [5.74, 6) is 1.18. The van der Waals surface area contributed by atoms with Crippen LogP contribution in [0.3, 0.4) is 0 Å². The molecule has 3 aromatic rings. The highest BCUT2D eigenvalue weighted by Gasteiger charge is 2.28. The fraction of sp³-hybridized carbons (Fsp3) is 0.308. The SMILES string of the molecule is C=C(c1ccccc1)N(c1ccc(C2CCC(CP(=O)(O)O)CC2)cc1)c1ncnc(Cl)c1C. The molecule has 8 heteroatoms. The third kappa shape index (κ3) is 5.76. The fourth-order valence-corrected chi connectivity index (χ4v) is 5.89. The molecule has 0 atom stereocenters. The molecule has 1 aliphatic rings. The van der Waals surface area contributed by atoms with Crippen molar-refractivity contribution in [3.63, 3.8) is 0 Å². The van der Waals surface area contributed by atoms with Gasteiger partial charge in [0.15, 0.2) is 0 Å². The molecule has 0 bridgehead atoms. The third-order valence-corrected chi connectivity index (χ3v) is 7.92. The van der Waals surface area contributed by atoms with Gasteiger partial charge in [0.25, 0.3) is 0 Å². The van der Waals surface area contributed by atoms with Gasteiger partial charge in [0.2, 0.25) is 0 Å². The molecule has 4 rings (SSSR count). The van der Waals surface area contributed by atoms with E-state index in [1.807, 2.05) is 42.2 Å². The lowest BCUT2D eigenvalue weighted by Gasteiger charge is -2.30. The molecule has 0 saturated heterocycles. The number of hydrogen-bond acceptors (Lipinski definition) is 4. The lowest BCUT2D eigenvalue weighted by molar-refractivity contribution is 0.316. The number of aromatic nitrogens is 2. The predicted molar refractivity (Wildman–Crippen MR) is 137 cm³/mol. The van der Waals surface area contributed by atoms with Gasteiger partial charge in [-0.1, -0.05) is 60.6 Å². The minimum absolute atomic E-state index is 0.00391. The summed E-state index contributed by atoms with van der Waals surface area (Å²) in [6.07, 6.45) is 5.01. The predicted octanol–water partition coefficient (Wildman–Crippen LogP) is 6.70. The van der Waals surface area contributed by atoms with Crippen molar-refractivity contribution in [1.82, 2.24) is 9.97 Å². The van der Waals surface area contributed by atoms with Crippen molar-refractivity contribution in [3.05, 3.63) is 89.3 Å². The molecular formula is C26H29ClN3O3P. The Balaban J connectivity index is 1.59. The molecule has 0 unspecified atom stereocenters. The number of hydrogen-bond donors (Lipinski definition) is 2. The molecule has 0 amide bonds. The molecule has 1 heterocycles. The number of benzene rings is 2. The first-order chi connectivity index (χ1) is 16.2. The van der Waals surface area contributed by atoms with Crippen molar-refractivity contribution in [2.45, 2.75) is 38.5 Å². The second-order valence-electron chi connectivity index (χ2n) is 8.92.